The van der Waals surface area contributed by atoms with Crippen LogP contribution < -0.4 is 10.5 Å². The summed E-state index contributed by atoms with van der Waals surface area (Å²) in [5.41, 5.74) is 2.49. The van der Waals surface area contributed by atoms with Gasteiger partial charge in [0, 0.05) is 14.1 Å². The number of nitrogens with zero attached hydrogens (tertiary/aromatic N) is 1. The van der Waals surface area contributed by atoms with Gasteiger partial charge >= 0.3 is 0 Å². The molecule has 0 saturated carbocycles. The van der Waals surface area contributed by atoms with Gasteiger partial charge < -0.3 is 15.0 Å². The van der Waals surface area contributed by atoms with Gasteiger partial charge in [-0.1, -0.05) is 42.5 Å². The molecule has 0 bridgehead atoms. The lowest BCUT2D eigenvalue weighted by atomic mass is 9.99. The number of rotatable bonds is 2. The summed E-state index contributed by atoms with van der Waals surface area (Å²) in [5, 5.41) is 11.2. The van der Waals surface area contributed by atoms with Crippen molar-refractivity contribution in [3.8, 4) is 16.9 Å². The normalized spacial score (nSPS) is 10.8. The summed E-state index contributed by atoms with van der Waals surface area (Å²) in [6.07, 6.45) is 0. The van der Waals surface area contributed by atoms with Crippen molar-refractivity contribution >= 4 is 16.6 Å². The number of aromatic amines is 1. The lowest BCUT2D eigenvalue weighted by Gasteiger charge is -2.16. The van der Waals surface area contributed by atoms with Crippen LogP contribution in [0.3, 0.4) is 0 Å². The molecule has 0 fully saturated rings. The third kappa shape index (κ3) is 2.14. The molecule has 0 aliphatic rings. The van der Waals surface area contributed by atoms with Crippen LogP contribution in [0.25, 0.3) is 22.0 Å². The van der Waals surface area contributed by atoms with E-state index < -0.39 is 0 Å². The van der Waals surface area contributed by atoms with Crippen molar-refractivity contribution in [2.45, 2.75) is 0 Å². The van der Waals surface area contributed by atoms with Gasteiger partial charge in [-0.25, -0.2) is 0 Å². The van der Waals surface area contributed by atoms with E-state index in [2.05, 4.69) is 4.98 Å². The number of nitrogens with one attached hydrogen (secondary N) is 1. The highest BCUT2D eigenvalue weighted by Crippen LogP contribution is 2.37. The van der Waals surface area contributed by atoms with Crippen molar-refractivity contribution in [1.82, 2.24) is 4.98 Å². The summed E-state index contributed by atoms with van der Waals surface area (Å²) in [4.78, 5) is 16.5. The second kappa shape index (κ2) is 4.98. The van der Waals surface area contributed by atoms with E-state index in [4.69, 9.17) is 0 Å². The number of aromatic nitrogens is 1. The molecular formula is C17H16N2O2. The van der Waals surface area contributed by atoms with Gasteiger partial charge in [0.05, 0.1) is 10.9 Å². The maximum Gasteiger partial charge on any atom is 0.275 e. The van der Waals surface area contributed by atoms with Gasteiger partial charge in [-0.3, -0.25) is 4.79 Å². The number of fused-ring (bicyclic) bond motifs is 1. The van der Waals surface area contributed by atoms with Crippen LogP contribution in [0.15, 0.2) is 53.3 Å². The Kier molecular flexibility index (Phi) is 3.14. The monoisotopic (exact) mass is 280 g/mol. The molecule has 3 aromatic rings. The summed E-state index contributed by atoms with van der Waals surface area (Å²) >= 11 is 0. The van der Waals surface area contributed by atoms with Crippen LogP contribution in [0, 0.1) is 0 Å². The fourth-order valence-electron chi connectivity index (χ4n) is 2.59. The topological polar surface area (TPSA) is 56.3 Å². The highest BCUT2D eigenvalue weighted by atomic mass is 16.3. The molecule has 0 amide bonds. The summed E-state index contributed by atoms with van der Waals surface area (Å²) in [6.45, 7) is 0. The smallest absolute Gasteiger partial charge is 0.275 e. The first-order chi connectivity index (χ1) is 10.1. The van der Waals surface area contributed by atoms with Crippen molar-refractivity contribution in [1.29, 1.82) is 0 Å². The van der Waals surface area contributed by atoms with Crippen molar-refractivity contribution in [3.63, 3.8) is 0 Å². The molecule has 1 heterocycles. The van der Waals surface area contributed by atoms with Crippen LogP contribution in [-0.2, 0) is 0 Å². The minimum atomic E-state index is -0.296. The van der Waals surface area contributed by atoms with E-state index in [1.165, 1.54) is 0 Å². The van der Waals surface area contributed by atoms with Gasteiger partial charge in [0.1, 0.15) is 5.69 Å². The van der Waals surface area contributed by atoms with Crippen LogP contribution in [0.1, 0.15) is 0 Å². The van der Waals surface area contributed by atoms with Gasteiger partial charge in [0.25, 0.3) is 5.56 Å². The van der Waals surface area contributed by atoms with Crippen molar-refractivity contribution < 1.29 is 5.11 Å². The SMILES string of the molecule is CN(C)c1c(O)c2c(-c3ccccc3)cccc2[nH]c1=O. The van der Waals surface area contributed by atoms with Crippen LogP contribution in [0.5, 0.6) is 5.75 Å². The Balaban J connectivity index is 2.43. The first kappa shape index (κ1) is 13.2. The summed E-state index contributed by atoms with van der Waals surface area (Å²) in [7, 11) is 3.47. The molecule has 106 valence electrons. The van der Waals surface area contributed by atoms with E-state index in [0.717, 1.165) is 11.1 Å². The molecule has 3 rings (SSSR count). The van der Waals surface area contributed by atoms with E-state index in [0.29, 0.717) is 10.9 Å². The number of H-pyrrole nitrogens is 1. The lowest BCUT2D eigenvalue weighted by molar-refractivity contribution is 0.481. The van der Waals surface area contributed by atoms with Crippen molar-refractivity contribution in [2.75, 3.05) is 19.0 Å². The third-order valence-corrected chi connectivity index (χ3v) is 3.52. The highest BCUT2D eigenvalue weighted by Gasteiger charge is 2.16. The molecule has 0 radical (unpaired) electrons. The van der Waals surface area contributed by atoms with E-state index in [1.807, 2.05) is 42.5 Å². The zero-order valence-electron chi connectivity index (χ0n) is 11.9. The molecule has 2 N–H and O–H groups in total. The molecule has 0 unspecified atom stereocenters. The largest absolute Gasteiger partial charge is 0.505 e. The average molecular weight is 280 g/mol. The predicted octanol–water partition coefficient (Wildman–Crippen LogP) is 2.97. The first-order valence-corrected chi connectivity index (χ1v) is 6.70. The fraction of sp³-hybridized carbons (Fsp3) is 0.118. The molecule has 0 saturated heterocycles. The zero-order chi connectivity index (χ0) is 15.0. The van der Waals surface area contributed by atoms with Crippen molar-refractivity contribution in [3.05, 3.63) is 58.9 Å². The minimum absolute atomic E-state index is 0.0122. The Morgan fingerprint density at radius 1 is 1.00 bits per heavy atom. The van der Waals surface area contributed by atoms with Gasteiger partial charge in [-0.15, -0.1) is 0 Å². The number of hydrogen-bond acceptors (Lipinski definition) is 3. The molecule has 21 heavy (non-hydrogen) atoms. The van der Waals surface area contributed by atoms with Gasteiger partial charge in [-0.05, 0) is 17.2 Å². The Hall–Kier alpha value is -2.75. The minimum Gasteiger partial charge on any atom is -0.505 e. The van der Waals surface area contributed by atoms with Crippen LogP contribution >= 0.6 is 0 Å². The van der Waals surface area contributed by atoms with E-state index in [-0.39, 0.29) is 17.0 Å². The third-order valence-electron chi connectivity index (χ3n) is 3.52. The Morgan fingerprint density at radius 3 is 2.38 bits per heavy atom. The van der Waals surface area contributed by atoms with Crippen LogP contribution in [0.4, 0.5) is 5.69 Å². The number of benzene rings is 2. The van der Waals surface area contributed by atoms with Gasteiger partial charge in [0.2, 0.25) is 0 Å². The Bertz CT molecular complexity index is 852. The Labute approximate surface area is 122 Å². The second-order valence-electron chi connectivity index (χ2n) is 5.14. The van der Waals surface area contributed by atoms with Crippen LogP contribution in [0.2, 0.25) is 0 Å². The number of aromatic hydroxyl groups is 1. The summed E-state index contributed by atoms with van der Waals surface area (Å²) in [5.74, 6) is 0.0122. The van der Waals surface area contributed by atoms with Gasteiger partial charge in [0.15, 0.2) is 5.75 Å². The molecule has 4 heteroatoms. The summed E-state index contributed by atoms with van der Waals surface area (Å²) in [6, 6.07) is 15.4. The first-order valence-electron chi connectivity index (χ1n) is 6.70. The molecule has 0 spiro atoms. The average Bonchev–Trinajstić information content (AvgIpc) is 2.47. The van der Waals surface area contributed by atoms with Crippen molar-refractivity contribution in [2.24, 2.45) is 0 Å². The maximum absolute atomic E-state index is 12.1. The molecule has 2 aromatic carbocycles. The Morgan fingerprint density at radius 2 is 1.71 bits per heavy atom. The van der Waals surface area contributed by atoms with E-state index >= 15 is 0 Å². The number of hydrogen-bond donors (Lipinski definition) is 2. The molecule has 0 aliphatic carbocycles. The predicted molar refractivity (Wildman–Crippen MR) is 86.0 cm³/mol. The quantitative estimate of drug-likeness (QED) is 0.758. The lowest BCUT2D eigenvalue weighted by Crippen LogP contribution is -2.20. The maximum atomic E-state index is 12.1. The second-order valence-corrected chi connectivity index (χ2v) is 5.14. The van der Waals surface area contributed by atoms with Gasteiger partial charge in [-0.2, -0.15) is 0 Å². The molecule has 0 atom stereocenters. The number of anilines is 1. The summed E-state index contributed by atoms with van der Waals surface area (Å²) < 4.78 is 0. The zero-order valence-corrected chi connectivity index (χ0v) is 11.9. The number of pyridine rings is 1. The molecule has 1 aromatic heterocycles. The van der Waals surface area contributed by atoms with E-state index in [9.17, 15) is 9.90 Å². The molecule has 4 nitrogen and oxygen atoms in total. The highest BCUT2D eigenvalue weighted by molar-refractivity contribution is 6.01. The standard InChI is InChI=1S/C17H16N2O2/c1-19(2)15-16(20)14-12(11-7-4-3-5-8-11)9-6-10-13(14)18-17(15)21/h3-10H,1-2H3,(H2,18,20,21). The fourth-order valence-corrected chi connectivity index (χ4v) is 2.59. The molecule has 0 aliphatic heterocycles. The van der Waals surface area contributed by atoms with Crippen LogP contribution in [-0.4, -0.2) is 24.2 Å². The molecular weight excluding hydrogens is 264 g/mol. The van der Waals surface area contributed by atoms with E-state index in [1.54, 1.807) is 25.1 Å².